The molecule has 0 aliphatic carbocycles. The standard InChI is InChI=1S/C14H20Cl2NO2PS/c1-4-5-18-20(21)17(8-10(2)3)9-11-6-12(15)13(16)7-14(11)19-20/h6-7,10H,4-5,8-9H2,1-3H3. The third-order valence-electron chi connectivity index (χ3n) is 3.05. The second-order valence-corrected chi connectivity index (χ2v) is 9.65. The fraction of sp³-hybridized carbons (Fsp3) is 0.571. The Hall–Kier alpha value is 0.170. The predicted molar refractivity (Wildman–Crippen MR) is 92.9 cm³/mol. The van der Waals surface area contributed by atoms with Gasteiger partial charge in [-0.2, -0.15) is 0 Å². The van der Waals surface area contributed by atoms with Crippen molar-refractivity contribution in [1.82, 2.24) is 4.67 Å². The Kier molecular flexibility index (Phi) is 5.98. The molecular weight excluding hydrogens is 348 g/mol. The Morgan fingerprint density at radius 3 is 2.67 bits per heavy atom. The maximum Gasteiger partial charge on any atom is 0.315 e. The van der Waals surface area contributed by atoms with Crippen molar-refractivity contribution >= 4 is 41.7 Å². The Balaban J connectivity index is 2.35. The summed E-state index contributed by atoms with van der Waals surface area (Å²) in [4.78, 5) is 0. The van der Waals surface area contributed by atoms with E-state index in [1.165, 1.54) is 0 Å². The van der Waals surface area contributed by atoms with Gasteiger partial charge in [-0.05, 0) is 30.2 Å². The summed E-state index contributed by atoms with van der Waals surface area (Å²) in [6.45, 7) is 5.99. The molecule has 0 radical (unpaired) electrons. The molecule has 2 rings (SSSR count). The molecule has 118 valence electrons. The zero-order valence-electron chi connectivity index (χ0n) is 12.4. The lowest BCUT2D eigenvalue weighted by molar-refractivity contribution is 0.229. The average Bonchev–Trinajstić information content (AvgIpc) is 2.40. The maximum absolute atomic E-state index is 6.10. The fourth-order valence-electron chi connectivity index (χ4n) is 2.14. The number of hydrogen-bond donors (Lipinski definition) is 0. The van der Waals surface area contributed by atoms with Gasteiger partial charge in [0.1, 0.15) is 5.75 Å². The van der Waals surface area contributed by atoms with Crippen molar-refractivity contribution in [1.29, 1.82) is 0 Å². The van der Waals surface area contributed by atoms with Gasteiger partial charge in [-0.1, -0.05) is 44.0 Å². The third-order valence-corrected chi connectivity index (χ3v) is 6.94. The molecular formula is C14H20Cl2NO2PS. The molecule has 0 N–H and O–H groups in total. The topological polar surface area (TPSA) is 21.7 Å². The van der Waals surface area contributed by atoms with Gasteiger partial charge < -0.3 is 9.05 Å². The van der Waals surface area contributed by atoms with Gasteiger partial charge >= 0.3 is 6.64 Å². The summed E-state index contributed by atoms with van der Waals surface area (Å²) in [6.07, 6.45) is 0.908. The van der Waals surface area contributed by atoms with Crippen molar-refractivity contribution in [3.8, 4) is 5.75 Å². The molecule has 0 saturated carbocycles. The van der Waals surface area contributed by atoms with Crippen LogP contribution in [0.2, 0.25) is 10.0 Å². The highest BCUT2D eigenvalue weighted by molar-refractivity contribution is 8.08. The van der Waals surface area contributed by atoms with E-state index in [2.05, 4.69) is 25.4 Å². The summed E-state index contributed by atoms with van der Waals surface area (Å²) >= 11 is 17.9. The number of hydrogen-bond acceptors (Lipinski definition) is 3. The number of benzene rings is 1. The van der Waals surface area contributed by atoms with Crippen molar-refractivity contribution in [2.24, 2.45) is 5.92 Å². The van der Waals surface area contributed by atoms with E-state index in [1.54, 1.807) is 6.07 Å². The molecule has 0 spiro atoms. The van der Waals surface area contributed by atoms with Crippen LogP contribution < -0.4 is 4.52 Å². The largest absolute Gasteiger partial charge is 0.432 e. The van der Waals surface area contributed by atoms with E-state index in [-0.39, 0.29) is 0 Å². The molecule has 1 unspecified atom stereocenters. The highest BCUT2D eigenvalue weighted by Crippen LogP contribution is 2.58. The van der Waals surface area contributed by atoms with Crippen LogP contribution in [0, 0.1) is 5.92 Å². The molecule has 0 fully saturated rings. The van der Waals surface area contributed by atoms with Crippen LogP contribution in [0.4, 0.5) is 0 Å². The van der Waals surface area contributed by atoms with Gasteiger partial charge in [0.25, 0.3) is 0 Å². The molecule has 1 heterocycles. The van der Waals surface area contributed by atoms with Crippen LogP contribution in [0.1, 0.15) is 32.8 Å². The molecule has 0 bridgehead atoms. The monoisotopic (exact) mass is 367 g/mol. The van der Waals surface area contributed by atoms with Crippen molar-refractivity contribution < 1.29 is 9.05 Å². The summed E-state index contributed by atoms with van der Waals surface area (Å²) in [5.74, 6) is 1.18. The van der Waals surface area contributed by atoms with E-state index < -0.39 is 6.64 Å². The maximum atomic E-state index is 6.10. The van der Waals surface area contributed by atoms with Crippen LogP contribution >= 0.6 is 29.8 Å². The predicted octanol–water partition coefficient (Wildman–Crippen LogP) is 5.49. The molecule has 1 atom stereocenters. The zero-order valence-corrected chi connectivity index (χ0v) is 15.7. The van der Waals surface area contributed by atoms with E-state index in [0.29, 0.717) is 34.9 Å². The minimum absolute atomic E-state index is 0.477. The normalized spacial score (nSPS) is 22.2. The molecule has 21 heavy (non-hydrogen) atoms. The van der Waals surface area contributed by atoms with E-state index in [1.807, 2.05) is 6.07 Å². The first-order valence-electron chi connectivity index (χ1n) is 7.03. The Labute approximate surface area is 141 Å². The highest BCUT2D eigenvalue weighted by Gasteiger charge is 2.36. The lowest BCUT2D eigenvalue weighted by Crippen LogP contribution is -2.31. The molecule has 1 aliphatic heterocycles. The second-order valence-electron chi connectivity index (χ2n) is 5.51. The summed E-state index contributed by atoms with van der Waals surface area (Å²) in [5, 5.41) is 1.01. The van der Waals surface area contributed by atoms with E-state index in [9.17, 15) is 0 Å². The molecule has 7 heteroatoms. The van der Waals surface area contributed by atoms with Crippen molar-refractivity contribution in [2.75, 3.05) is 13.2 Å². The lowest BCUT2D eigenvalue weighted by atomic mass is 10.2. The number of halogens is 2. The number of fused-ring (bicyclic) bond motifs is 1. The van der Waals surface area contributed by atoms with Crippen LogP contribution in [0.25, 0.3) is 0 Å². The molecule has 1 aliphatic rings. The van der Waals surface area contributed by atoms with E-state index in [0.717, 1.165) is 18.5 Å². The summed E-state index contributed by atoms with van der Waals surface area (Å²) in [6, 6.07) is 3.59. The molecule has 1 aromatic rings. The van der Waals surface area contributed by atoms with Crippen LogP contribution in [-0.4, -0.2) is 17.8 Å². The minimum atomic E-state index is -2.50. The third kappa shape index (κ3) is 4.13. The molecule has 0 amide bonds. The number of nitrogens with zero attached hydrogens (tertiary/aromatic N) is 1. The van der Waals surface area contributed by atoms with Gasteiger partial charge in [0.2, 0.25) is 0 Å². The van der Waals surface area contributed by atoms with Crippen LogP contribution in [-0.2, 0) is 22.9 Å². The first-order valence-corrected chi connectivity index (χ1v) is 10.4. The SMILES string of the molecule is CCCOP1(=S)Oc2cc(Cl)c(Cl)cc2CN1CC(C)C. The van der Waals surface area contributed by atoms with E-state index in [4.69, 9.17) is 44.1 Å². The van der Waals surface area contributed by atoms with Crippen LogP contribution in [0.3, 0.4) is 0 Å². The van der Waals surface area contributed by atoms with Gasteiger partial charge in [0.15, 0.2) is 0 Å². The fourth-order valence-corrected chi connectivity index (χ4v) is 5.34. The Morgan fingerprint density at radius 2 is 2.05 bits per heavy atom. The van der Waals surface area contributed by atoms with Gasteiger partial charge in [-0.3, -0.25) is 0 Å². The van der Waals surface area contributed by atoms with Gasteiger partial charge in [0, 0.05) is 24.7 Å². The summed E-state index contributed by atoms with van der Waals surface area (Å²) in [5.41, 5.74) is 1.01. The Bertz CT molecular complexity index is 568. The van der Waals surface area contributed by atoms with Gasteiger partial charge in [0.05, 0.1) is 16.7 Å². The van der Waals surface area contributed by atoms with Crippen molar-refractivity contribution in [3.05, 3.63) is 27.7 Å². The smallest absolute Gasteiger partial charge is 0.315 e. The molecule has 0 saturated heterocycles. The van der Waals surface area contributed by atoms with Crippen LogP contribution in [0.5, 0.6) is 5.75 Å². The minimum Gasteiger partial charge on any atom is -0.432 e. The summed E-state index contributed by atoms with van der Waals surface area (Å²) < 4.78 is 14.1. The molecule has 1 aromatic carbocycles. The van der Waals surface area contributed by atoms with Crippen molar-refractivity contribution in [3.63, 3.8) is 0 Å². The van der Waals surface area contributed by atoms with Crippen LogP contribution in [0.15, 0.2) is 12.1 Å². The molecule has 3 nitrogen and oxygen atoms in total. The Morgan fingerprint density at radius 1 is 1.38 bits per heavy atom. The van der Waals surface area contributed by atoms with Crippen molar-refractivity contribution in [2.45, 2.75) is 33.7 Å². The first-order chi connectivity index (χ1) is 9.85. The van der Waals surface area contributed by atoms with Gasteiger partial charge in [-0.15, -0.1) is 0 Å². The quantitative estimate of drug-likeness (QED) is 0.640. The zero-order chi connectivity index (χ0) is 15.6. The first kappa shape index (κ1) is 17.5. The lowest BCUT2D eigenvalue weighted by Gasteiger charge is -2.39. The molecule has 0 aromatic heterocycles. The average molecular weight is 368 g/mol. The highest BCUT2D eigenvalue weighted by atomic mass is 35.5. The van der Waals surface area contributed by atoms with Gasteiger partial charge in [-0.25, -0.2) is 4.67 Å². The van der Waals surface area contributed by atoms with E-state index >= 15 is 0 Å². The second kappa shape index (κ2) is 7.16. The number of rotatable bonds is 5. The summed E-state index contributed by atoms with van der Waals surface area (Å²) in [7, 11) is 0.